The summed E-state index contributed by atoms with van der Waals surface area (Å²) in [5.41, 5.74) is 2.71. The fraction of sp³-hybridized carbons (Fsp3) is 0.160. The van der Waals surface area contributed by atoms with Gasteiger partial charge in [0.05, 0.1) is 24.9 Å². The first-order valence-corrected chi connectivity index (χ1v) is 9.90. The van der Waals surface area contributed by atoms with E-state index in [2.05, 4.69) is 5.32 Å². The van der Waals surface area contributed by atoms with Crippen molar-refractivity contribution in [3.63, 3.8) is 0 Å². The molecule has 1 N–H and O–H groups in total. The Bertz CT molecular complexity index is 1170. The molecule has 0 radical (unpaired) electrons. The van der Waals surface area contributed by atoms with Crippen LogP contribution in [0.15, 0.2) is 66.7 Å². The molecular formula is C25H22N2O4. The van der Waals surface area contributed by atoms with E-state index in [0.717, 1.165) is 11.3 Å². The molecule has 6 nitrogen and oxygen atoms in total. The number of ether oxygens (including phenoxy) is 1. The van der Waals surface area contributed by atoms with Gasteiger partial charge in [0, 0.05) is 23.2 Å². The number of benzene rings is 3. The van der Waals surface area contributed by atoms with Gasteiger partial charge in [-0.25, -0.2) is 0 Å². The molecule has 0 aromatic heterocycles. The molecule has 0 spiro atoms. The Hall–Kier alpha value is -3.77. The highest BCUT2D eigenvalue weighted by Gasteiger charge is 2.31. The summed E-state index contributed by atoms with van der Waals surface area (Å²) < 4.78 is 5.16. The van der Waals surface area contributed by atoms with E-state index in [1.54, 1.807) is 49.6 Å². The first-order valence-electron chi connectivity index (χ1n) is 9.90. The lowest BCUT2D eigenvalue weighted by molar-refractivity contribution is -0.117. The van der Waals surface area contributed by atoms with Crippen LogP contribution in [0, 0.1) is 0 Å². The molecule has 0 saturated carbocycles. The highest BCUT2D eigenvalue weighted by molar-refractivity contribution is 6.30. The number of rotatable bonds is 6. The zero-order chi connectivity index (χ0) is 22.0. The Balaban J connectivity index is 1.49. The minimum atomic E-state index is -0.261. The minimum absolute atomic E-state index is 0.133. The second kappa shape index (κ2) is 8.53. The van der Waals surface area contributed by atoms with Crippen molar-refractivity contribution < 1.29 is 19.1 Å². The number of nitrogens with one attached hydrogen (secondary N) is 1. The van der Waals surface area contributed by atoms with E-state index in [0.29, 0.717) is 28.9 Å². The maximum Gasteiger partial charge on any atom is 0.238 e. The molecule has 1 aliphatic carbocycles. The monoisotopic (exact) mass is 414 g/mol. The molecule has 4 rings (SSSR count). The summed E-state index contributed by atoms with van der Waals surface area (Å²) in [6, 6.07) is 19.3. The van der Waals surface area contributed by atoms with Gasteiger partial charge in [-0.05, 0) is 30.8 Å². The quantitative estimate of drug-likeness (QED) is 0.522. The number of ketones is 2. The van der Waals surface area contributed by atoms with Gasteiger partial charge < -0.3 is 10.1 Å². The van der Waals surface area contributed by atoms with Crippen molar-refractivity contribution in [3.8, 4) is 5.75 Å². The van der Waals surface area contributed by atoms with Gasteiger partial charge in [-0.15, -0.1) is 0 Å². The van der Waals surface area contributed by atoms with Crippen LogP contribution in [0.1, 0.15) is 37.4 Å². The van der Waals surface area contributed by atoms with Crippen LogP contribution in [0.4, 0.5) is 5.69 Å². The second-order valence-corrected chi connectivity index (χ2v) is 7.50. The number of fused-ring (bicyclic) bond motifs is 2. The van der Waals surface area contributed by atoms with Gasteiger partial charge >= 0.3 is 0 Å². The molecule has 0 fully saturated rings. The summed E-state index contributed by atoms with van der Waals surface area (Å²) in [7, 11) is 3.46. The van der Waals surface area contributed by atoms with E-state index >= 15 is 0 Å². The minimum Gasteiger partial charge on any atom is -0.497 e. The number of carbonyl (C=O) groups is 3. The van der Waals surface area contributed by atoms with E-state index in [1.165, 1.54) is 0 Å². The van der Waals surface area contributed by atoms with Crippen molar-refractivity contribution in [2.24, 2.45) is 0 Å². The second-order valence-electron chi connectivity index (χ2n) is 7.50. The molecule has 1 aliphatic rings. The van der Waals surface area contributed by atoms with Crippen LogP contribution in [0.25, 0.3) is 0 Å². The van der Waals surface area contributed by atoms with Crippen molar-refractivity contribution in [3.05, 3.63) is 94.5 Å². The topological polar surface area (TPSA) is 75.7 Å². The van der Waals surface area contributed by atoms with E-state index < -0.39 is 0 Å². The van der Waals surface area contributed by atoms with Gasteiger partial charge in [-0.1, -0.05) is 48.5 Å². The van der Waals surface area contributed by atoms with Crippen molar-refractivity contribution >= 4 is 23.2 Å². The number of hydrogen-bond acceptors (Lipinski definition) is 5. The SMILES string of the molecule is COc1ccc(CN(C)CC(=O)Nc2cccc3c2C(=O)c2ccccc2C3=O)cc1. The average Bonchev–Trinajstić information content (AvgIpc) is 2.77. The number of hydrogen-bond donors (Lipinski definition) is 1. The van der Waals surface area contributed by atoms with Gasteiger partial charge in [0.1, 0.15) is 5.75 Å². The van der Waals surface area contributed by atoms with Gasteiger partial charge in [0.15, 0.2) is 11.6 Å². The van der Waals surface area contributed by atoms with Gasteiger partial charge in [-0.2, -0.15) is 0 Å². The maximum atomic E-state index is 13.0. The third kappa shape index (κ3) is 4.11. The molecule has 31 heavy (non-hydrogen) atoms. The molecular weight excluding hydrogens is 392 g/mol. The summed E-state index contributed by atoms with van der Waals surface area (Å²) in [4.78, 5) is 40.4. The molecule has 0 unspecified atom stereocenters. The Labute approximate surface area is 180 Å². The average molecular weight is 414 g/mol. The number of anilines is 1. The summed E-state index contributed by atoms with van der Waals surface area (Å²) in [6.45, 7) is 0.712. The standard InChI is InChI=1S/C25H22N2O4/c1-27(14-16-10-12-17(31-2)13-11-16)15-22(28)26-21-9-5-8-20-23(21)25(30)19-7-4-3-6-18(19)24(20)29/h3-13H,14-15H2,1-2H3,(H,26,28). The van der Waals surface area contributed by atoms with Gasteiger partial charge in [0.2, 0.25) is 5.91 Å². The summed E-state index contributed by atoms with van der Waals surface area (Å²) in [5.74, 6) is 0.0490. The molecule has 0 atom stereocenters. The Kier molecular flexibility index (Phi) is 5.64. The smallest absolute Gasteiger partial charge is 0.238 e. The maximum absolute atomic E-state index is 13.0. The van der Waals surface area contributed by atoms with Crippen LogP contribution >= 0.6 is 0 Å². The first-order chi connectivity index (χ1) is 15.0. The fourth-order valence-electron chi connectivity index (χ4n) is 3.78. The molecule has 0 bridgehead atoms. The first kappa shape index (κ1) is 20.5. The Morgan fingerprint density at radius 2 is 1.52 bits per heavy atom. The Morgan fingerprint density at radius 3 is 2.19 bits per heavy atom. The molecule has 6 heteroatoms. The van der Waals surface area contributed by atoms with Crippen LogP contribution in [-0.2, 0) is 11.3 Å². The predicted molar refractivity (Wildman–Crippen MR) is 118 cm³/mol. The van der Waals surface area contributed by atoms with Crippen molar-refractivity contribution in [1.29, 1.82) is 0 Å². The molecule has 156 valence electrons. The van der Waals surface area contributed by atoms with Crippen LogP contribution < -0.4 is 10.1 Å². The predicted octanol–water partition coefficient (Wildman–Crippen LogP) is 3.54. The summed E-state index contributed by atoms with van der Waals surface area (Å²) >= 11 is 0. The van der Waals surface area contributed by atoms with E-state index in [4.69, 9.17) is 4.74 Å². The number of likely N-dealkylation sites (N-methyl/N-ethyl adjacent to an activating group) is 1. The molecule has 0 aliphatic heterocycles. The highest BCUT2D eigenvalue weighted by Crippen LogP contribution is 2.31. The van der Waals surface area contributed by atoms with Crippen LogP contribution in [0.3, 0.4) is 0 Å². The zero-order valence-corrected chi connectivity index (χ0v) is 17.3. The van der Waals surface area contributed by atoms with Crippen LogP contribution in [0.2, 0.25) is 0 Å². The van der Waals surface area contributed by atoms with Gasteiger partial charge in [0.25, 0.3) is 0 Å². The van der Waals surface area contributed by atoms with E-state index in [-0.39, 0.29) is 29.6 Å². The molecule has 1 amide bonds. The van der Waals surface area contributed by atoms with Gasteiger partial charge in [-0.3, -0.25) is 19.3 Å². The third-order valence-corrected chi connectivity index (χ3v) is 5.25. The lowest BCUT2D eigenvalue weighted by Gasteiger charge is -2.21. The van der Waals surface area contributed by atoms with Crippen LogP contribution in [0.5, 0.6) is 5.75 Å². The normalized spacial score (nSPS) is 12.4. The largest absolute Gasteiger partial charge is 0.497 e. The molecule has 3 aromatic rings. The van der Waals surface area contributed by atoms with E-state index in [1.807, 2.05) is 36.2 Å². The molecule has 0 heterocycles. The number of amides is 1. The van der Waals surface area contributed by atoms with Crippen molar-refractivity contribution in [2.75, 3.05) is 26.0 Å². The Morgan fingerprint density at radius 1 is 0.871 bits per heavy atom. The zero-order valence-electron chi connectivity index (χ0n) is 17.3. The summed E-state index contributed by atoms with van der Waals surface area (Å²) in [6.07, 6.45) is 0. The van der Waals surface area contributed by atoms with Crippen molar-refractivity contribution in [1.82, 2.24) is 4.90 Å². The van der Waals surface area contributed by atoms with E-state index in [9.17, 15) is 14.4 Å². The molecule has 0 saturated heterocycles. The number of carbonyl (C=O) groups excluding carboxylic acids is 3. The lowest BCUT2D eigenvalue weighted by atomic mass is 9.83. The number of methoxy groups -OCH3 is 1. The van der Waals surface area contributed by atoms with Crippen molar-refractivity contribution in [2.45, 2.75) is 6.54 Å². The lowest BCUT2D eigenvalue weighted by Crippen LogP contribution is -2.31. The molecule has 3 aromatic carbocycles. The van der Waals surface area contributed by atoms with Crippen LogP contribution in [-0.4, -0.2) is 43.1 Å². The highest BCUT2D eigenvalue weighted by atomic mass is 16.5. The summed E-state index contributed by atoms with van der Waals surface area (Å²) in [5, 5.41) is 2.81. The fourth-order valence-corrected chi connectivity index (χ4v) is 3.78. The third-order valence-electron chi connectivity index (χ3n) is 5.25. The number of nitrogens with zero attached hydrogens (tertiary/aromatic N) is 1.